The minimum Gasteiger partial charge on any atom is -0.495 e. The van der Waals surface area contributed by atoms with E-state index in [-0.39, 0.29) is 11.7 Å². The number of amides is 1. The van der Waals surface area contributed by atoms with E-state index in [2.05, 4.69) is 5.43 Å². The van der Waals surface area contributed by atoms with Gasteiger partial charge in [0.2, 0.25) is 5.91 Å². The van der Waals surface area contributed by atoms with Gasteiger partial charge in [-0.05, 0) is 18.9 Å². The molecule has 1 aromatic rings. The number of carbonyl (C=O) groups is 1. The van der Waals surface area contributed by atoms with Crippen LogP contribution in [0.2, 0.25) is 0 Å². The van der Waals surface area contributed by atoms with Crippen LogP contribution in [0.5, 0.6) is 5.75 Å². The Hall–Kier alpha value is -2.20. The van der Waals surface area contributed by atoms with E-state index in [0.717, 1.165) is 31.4 Å². The third-order valence-corrected chi connectivity index (χ3v) is 5.20. The standard InChI is InChI=1S/C14H19N3O6S/c1-23-12-8-7-11(17(19)20)9-13(12)24(21,22)16-15-14(18)10-5-3-2-4-6-10/h7-10,16H,2-6H2,1H3,(H,15,18). The number of nitrogens with zero attached hydrogens (tertiary/aromatic N) is 1. The third-order valence-electron chi connectivity index (χ3n) is 3.93. The molecule has 1 aliphatic carbocycles. The second-order valence-corrected chi connectivity index (χ2v) is 7.17. The number of carbonyl (C=O) groups excluding carboxylic acids is 1. The number of sulfonamides is 1. The van der Waals surface area contributed by atoms with Gasteiger partial charge in [0.1, 0.15) is 10.6 Å². The summed E-state index contributed by atoms with van der Waals surface area (Å²) in [6.07, 6.45) is 4.37. The first-order valence-electron chi connectivity index (χ1n) is 7.49. The topological polar surface area (TPSA) is 128 Å². The van der Waals surface area contributed by atoms with E-state index in [1.165, 1.54) is 13.2 Å². The van der Waals surface area contributed by atoms with Gasteiger partial charge in [-0.15, -0.1) is 4.83 Å². The van der Waals surface area contributed by atoms with Crippen molar-refractivity contribution >= 4 is 21.6 Å². The molecule has 0 aromatic heterocycles. The molecule has 0 saturated heterocycles. The van der Waals surface area contributed by atoms with E-state index >= 15 is 0 Å². The van der Waals surface area contributed by atoms with Crippen molar-refractivity contribution in [2.45, 2.75) is 37.0 Å². The Labute approximate surface area is 139 Å². The molecule has 10 heteroatoms. The molecule has 0 bridgehead atoms. The van der Waals surface area contributed by atoms with Gasteiger partial charge >= 0.3 is 0 Å². The van der Waals surface area contributed by atoms with Gasteiger partial charge in [-0.2, -0.15) is 0 Å². The highest BCUT2D eigenvalue weighted by molar-refractivity contribution is 7.89. The largest absolute Gasteiger partial charge is 0.495 e. The van der Waals surface area contributed by atoms with Crippen LogP contribution in [0.1, 0.15) is 32.1 Å². The Balaban J connectivity index is 2.15. The molecule has 1 saturated carbocycles. The molecule has 0 unspecified atom stereocenters. The zero-order chi connectivity index (χ0) is 17.7. The van der Waals surface area contributed by atoms with Crippen molar-refractivity contribution < 1.29 is 22.9 Å². The van der Waals surface area contributed by atoms with Crippen molar-refractivity contribution in [2.24, 2.45) is 5.92 Å². The molecule has 2 N–H and O–H groups in total. The monoisotopic (exact) mass is 357 g/mol. The Morgan fingerprint density at radius 1 is 1.29 bits per heavy atom. The minimum absolute atomic E-state index is 0.0555. The summed E-state index contributed by atoms with van der Waals surface area (Å²) < 4.78 is 29.6. The van der Waals surface area contributed by atoms with Crippen molar-refractivity contribution in [1.29, 1.82) is 0 Å². The molecule has 0 atom stereocenters. The number of methoxy groups -OCH3 is 1. The van der Waals surface area contributed by atoms with E-state index in [9.17, 15) is 23.3 Å². The van der Waals surface area contributed by atoms with Crippen LogP contribution in [0.3, 0.4) is 0 Å². The average molecular weight is 357 g/mol. The SMILES string of the molecule is COc1ccc([N+](=O)[O-])cc1S(=O)(=O)NNC(=O)C1CCCCC1. The quantitative estimate of drug-likeness (QED) is 0.586. The van der Waals surface area contributed by atoms with Gasteiger partial charge in [0.25, 0.3) is 15.7 Å². The number of nitro benzene ring substituents is 1. The average Bonchev–Trinajstić information content (AvgIpc) is 2.59. The summed E-state index contributed by atoms with van der Waals surface area (Å²) >= 11 is 0. The Kier molecular flexibility index (Phi) is 5.73. The van der Waals surface area contributed by atoms with Crippen LogP contribution in [-0.2, 0) is 14.8 Å². The number of hydrogen-bond donors (Lipinski definition) is 2. The fourth-order valence-electron chi connectivity index (χ4n) is 2.63. The Morgan fingerprint density at radius 2 is 1.96 bits per heavy atom. The number of ether oxygens (including phenoxy) is 1. The molecular formula is C14H19N3O6S. The van der Waals surface area contributed by atoms with Crippen LogP contribution in [0.4, 0.5) is 5.69 Å². The maximum absolute atomic E-state index is 12.3. The fraction of sp³-hybridized carbons (Fsp3) is 0.500. The number of hydrazine groups is 1. The number of hydrogen-bond acceptors (Lipinski definition) is 6. The molecule has 1 fully saturated rings. The summed E-state index contributed by atoms with van der Waals surface area (Å²) in [6, 6.07) is 3.21. The molecule has 1 aliphatic rings. The lowest BCUT2D eigenvalue weighted by atomic mass is 9.89. The predicted octanol–water partition coefficient (Wildman–Crippen LogP) is 1.49. The lowest BCUT2D eigenvalue weighted by Crippen LogP contribution is -2.44. The summed E-state index contributed by atoms with van der Waals surface area (Å²) in [5.41, 5.74) is 1.80. The van der Waals surface area contributed by atoms with E-state index in [0.29, 0.717) is 12.8 Å². The molecule has 0 spiro atoms. The highest BCUT2D eigenvalue weighted by Crippen LogP contribution is 2.28. The van der Waals surface area contributed by atoms with Crippen molar-refractivity contribution in [3.05, 3.63) is 28.3 Å². The lowest BCUT2D eigenvalue weighted by Gasteiger charge is -2.21. The summed E-state index contributed by atoms with van der Waals surface area (Å²) in [5.74, 6) is -0.684. The summed E-state index contributed by atoms with van der Waals surface area (Å²) in [7, 11) is -2.95. The van der Waals surface area contributed by atoms with Crippen molar-refractivity contribution in [3.63, 3.8) is 0 Å². The van der Waals surface area contributed by atoms with Crippen LogP contribution in [0, 0.1) is 16.0 Å². The van der Waals surface area contributed by atoms with Crippen molar-refractivity contribution in [2.75, 3.05) is 7.11 Å². The van der Waals surface area contributed by atoms with Crippen LogP contribution < -0.4 is 15.0 Å². The lowest BCUT2D eigenvalue weighted by molar-refractivity contribution is -0.385. The highest BCUT2D eigenvalue weighted by Gasteiger charge is 2.26. The van der Waals surface area contributed by atoms with E-state index in [1.807, 2.05) is 4.83 Å². The predicted molar refractivity (Wildman–Crippen MR) is 84.7 cm³/mol. The molecule has 0 aliphatic heterocycles. The minimum atomic E-state index is -4.20. The molecule has 1 aromatic carbocycles. The fourth-order valence-corrected chi connectivity index (χ4v) is 3.67. The smallest absolute Gasteiger partial charge is 0.271 e. The van der Waals surface area contributed by atoms with Gasteiger partial charge in [0, 0.05) is 18.1 Å². The van der Waals surface area contributed by atoms with Crippen LogP contribution in [-0.4, -0.2) is 26.4 Å². The van der Waals surface area contributed by atoms with Gasteiger partial charge < -0.3 is 4.74 Å². The molecule has 1 amide bonds. The van der Waals surface area contributed by atoms with E-state index in [1.54, 1.807) is 0 Å². The Bertz CT molecular complexity index is 728. The number of nitro groups is 1. The highest BCUT2D eigenvalue weighted by atomic mass is 32.2. The maximum atomic E-state index is 12.3. The second kappa shape index (κ2) is 7.58. The molecule has 132 valence electrons. The first kappa shape index (κ1) is 18.1. The van der Waals surface area contributed by atoms with Crippen LogP contribution >= 0.6 is 0 Å². The summed E-state index contributed by atoms with van der Waals surface area (Å²) in [6.45, 7) is 0. The zero-order valence-electron chi connectivity index (χ0n) is 13.1. The second-order valence-electron chi connectivity index (χ2n) is 5.52. The van der Waals surface area contributed by atoms with E-state index < -0.39 is 31.4 Å². The van der Waals surface area contributed by atoms with Gasteiger partial charge in [0.15, 0.2) is 0 Å². The number of non-ortho nitro benzene ring substituents is 1. The Morgan fingerprint density at radius 3 is 2.54 bits per heavy atom. The van der Waals surface area contributed by atoms with Gasteiger partial charge in [-0.1, -0.05) is 19.3 Å². The zero-order valence-corrected chi connectivity index (χ0v) is 14.0. The van der Waals surface area contributed by atoms with E-state index in [4.69, 9.17) is 4.74 Å². The third kappa shape index (κ3) is 4.20. The summed E-state index contributed by atoms with van der Waals surface area (Å²) in [4.78, 5) is 23.7. The molecule has 0 heterocycles. The molecule has 24 heavy (non-hydrogen) atoms. The molecule has 2 rings (SSSR count). The van der Waals surface area contributed by atoms with Crippen LogP contribution in [0.15, 0.2) is 23.1 Å². The molecule has 9 nitrogen and oxygen atoms in total. The van der Waals surface area contributed by atoms with Gasteiger partial charge in [-0.25, -0.2) is 8.42 Å². The van der Waals surface area contributed by atoms with Gasteiger partial charge in [0.05, 0.1) is 12.0 Å². The van der Waals surface area contributed by atoms with Gasteiger partial charge in [-0.3, -0.25) is 20.3 Å². The number of rotatable bonds is 6. The van der Waals surface area contributed by atoms with Crippen molar-refractivity contribution in [3.8, 4) is 5.75 Å². The molecular weight excluding hydrogens is 338 g/mol. The number of nitrogens with one attached hydrogen (secondary N) is 2. The molecule has 0 radical (unpaired) electrons. The number of benzene rings is 1. The van der Waals surface area contributed by atoms with Crippen LogP contribution in [0.25, 0.3) is 0 Å². The van der Waals surface area contributed by atoms with Crippen molar-refractivity contribution in [1.82, 2.24) is 10.3 Å². The summed E-state index contributed by atoms with van der Waals surface area (Å²) in [5, 5.41) is 10.8. The maximum Gasteiger partial charge on any atom is 0.271 e. The normalized spacial score (nSPS) is 15.7. The first-order chi connectivity index (χ1) is 11.3. The first-order valence-corrected chi connectivity index (χ1v) is 8.97.